The molecule has 0 aromatic rings. The number of hydrogen-bond acceptors (Lipinski definition) is 0. The Bertz CT molecular complexity index is 79.3. The van der Waals surface area contributed by atoms with E-state index in [1.54, 1.807) is 0 Å². The zero-order valence-corrected chi connectivity index (χ0v) is 10.3. The van der Waals surface area contributed by atoms with Crippen LogP contribution in [0.15, 0.2) is 0 Å². The van der Waals surface area contributed by atoms with Crippen molar-refractivity contribution < 1.29 is 0 Å². The molecule has 0 aliphatic heterocycles. The number of unbranched alkanes of at least 4 members (excludes halogenated alkanes) is 1. The van der Waals surface area contributed by atoms with Crippen molar-refractivity contribution in [2.75, 3.05) is 17.3 Å². The van der Waals surface area contributed by atoms with Gasteiger partial charge in [0.25, 0.3) is 0 Å². The maximum atomic E-state index is 2.71. The highest BCUT2D eigenvalue weighted by Crippen LogP contribution is 2.56. The van der Waals surface area contributed by atoms with Crippen molar-refractivity contribution in [3.8, 4) is 0 Å². The molecular formula is C8H19IS. The second kappa shape index (κ2) is 5.70. The molecule has 64 valence electrons. The van der Waals surface area contributed by atoms with Gasteiger partial charge in [0.2, 0.25) is 0 Å². The highest BCUT2D eigenvalue weighted by Gasteiger charge is 2.13. The molecule has 0 fully saturated rings. The van der Waals surface area contributed by atoms with E-state index in [1.807, 2.05) is 0 Å². The van der Waals surface area contributed by atoms with Crippen LogP contribution >= 0.6 is 28.4 Å². The Morgan fingerprint density at radius 3 is 1.90 bits per heavy atom. The summed E-state index contributed by atoms with van der Waals surface area (Å²) in [5, 5.41) is 0. The highest BCUT2D eigenvalue weighted by atomic mass is 127. The second-order valence-corrected chi connectivity index (χ2v) is 11.6. The van der Waals surface area contributed by atoms with Gasteiger partial charge in [-0.3, -0.25) is 0 Å². The van der Waals surface area contributed by atoms with Crippen LogP contribution in [0.1, 0.15) is 33.6 Å². The van der Waals surface area contributed by atoms with E-state index in [1.165, 1.54) is 30.1 Å². The van der Waals surface area contributed by atoms with Crippen molar-refractivity contribution in [2.45, 2.75) is 33.6 Å². The first kappa shape index (κ1) is 11.1. The molecule has 0 aromatic heterocycles. The van der Waals surface area contributed by atoms with Gasteiger partial charge < -0.3 is 0 Å². The van der Waals surface area contributed by atoms with Crippen LogP contribution in [0.3, 0.4) is 0 Å². The van der Waals surface area contributed by atoms with Crippen LogP contribution in [0.5, 0.6) is 0 Å². The van der Waals surface area contributed by atoms with Crippen LogP contribution in [0.2, 0.25) is 0 Å². The summed E-state index contributed by atoms with van der Waals surface area (Å²) in [5.41, 5.74) is 0. The van der Waals surface area contributed by atoms with Gasteiger partial charge >= 0.3 is 0 Å². The fourth-order valence-electron chi connectivity index (χ4n) is 0.896. The summed E-state index contributed by atoms with van der Waals surface area (Å²) in [4.78, 5) is 0. The molecule has 0 nitrogen and oxygen atoms in total. The van der Waals surface area contributed by atoms with E-state index in [4.69, 9.17) is 0 Å². The molecule has 0 saturated carbocycles. The summed E-state index contributed by atoms with van der Waals surface area (Å²) < 4.78 is 0. The molecule has 0 rings (SSSR count). The van der Waals surface area contributed by atoms with E-state index in [-0.39, 0.29) is 7.20 Å². The largest absolute Gasteiger partial charge is 0.188 e. The number of rotatable bonds is 5. The lowest BCUT2D eigenvalue weighted by molar-refractivity contribution is 0.892. The molecule has 0 radical (unpaired) electrons. The van der Waals surface area contributed by atoms with Gasteiger partial charge in [0.15, 0.2) is 0 Å². The molecule has 0 heterocycles. The predicted octanol–water partition coefficient (Wildman–Crippen LogP) is 3.98. The predicted molar refractivity (Wildman–Crippen MR) is 62.5 cm³/mol. The molecule has 0 atom stereocenters. The lowest BCUT2D eigenvalue weighted by atomic mass is 10.4. The van der Waals surface area contributed by atoms with Gasteiger partial charge in [0.1, 0.15) is 0 Å². The van der Waals surface area contributed by atoms with Gasteiger partial charge in [0.05, 0.1) is 0 Å². The Morgan fingerprint density at radius 2 is 1.60 bits per heavy atom. The van der Waals surface area contributed by atoms with Crippen LogP contribution < -0.4 is 0 Å². The molecule has 0 amide bonds. The first-order chi connectivity index (χ1) is 4.68. The van der Waals surface area contributed by atoms with E-state index in [9.17, 15) is 0 Å². The van der Waals surface area contributed by atoms with Gasteiger partial charge in [-0.2, -0.15) is 7.20 Å². The Hall–Kier alpha value is 1.08. The van der Waals surface area contributed by atoms with Gasteiger partial charge in [-0.25, -0.2) is 0 Å². The number of halogens is 1. The Balaban J connectivity index is 3.58. The second-order valence-electron chi connectivity index (χ2n) is 2.57. The maximum absolute atomic E-state index is 2.71. The summed E-state index contributed by atoms with van der Waals surface area (Å²) in [6.45, 7) is 6.95. The van der Waals surface area contributed by atoms with Crippen LogP contribution in [0.4, 0.5) is 0 Å². The minimum absolute atomic E-state index is 0.207. The Labute approximate surface area is 79.1 Å². The van der Waals surface area contributed by atoms with Crippen molar-refractivity contribution in [2.24, 2.45) is 0 Å². The van der Waals surface area contributed by atoms with E-state index in [0.29, 0.717) is 0 Å². The molecular weight excluding hydrogens is 255 g/mol. The summed E-state index contributed by atoms with van der Waals surface area (Å²) in [6.07, 6.45) is 2.79. The Morgan fingerprint density at radius 1 is 1.10 bits per heavy atom. The first-order valence-corrected chi connectivity index (χ1v) is 8.82. The molecule has 0 spiro atoms. The van der Waals surface area contributed by atoms with Crippen LogP contribution in [0, 0.1) is 0 Å². The molecule has 0 N–H and O–H groups in total. The average molecular weight is 274 g/mol. The molecule has 2 heteroatoms. The lowest BCUT2D eigenvalue weighted by Gasteiger charge is -2.30. The third-order valence-electron chi connectivity index (χ3n) is 1.90. The van der Waals surface area contributed by atoms with E-state index in [0.717, 1.165) is 0 Å². The van der Waals surface area contributed by atoms with Crippen LogP contribution in [-0.4, -0.2) is 17.3 Å². The summed E-state index contributed by atoms with van der Waals surface area (Å²) >= 11 is 2.71. The zero-order chi connectivity index (χ0) is 8.04. The third-order valence-corrected chi connectivity index (χ3v) is 10.0. The molecule has 0 saturated heterocycles. The summed E-state index contributed by atoms with van der Waals surface area (Å²) in [6, 6.07) is 0. The quantitative estimate of drug-likeness (QED) is 0.665. The topological polar surface area (TPSA) is 0 Å². The minimum atomic E-state index is -0.207. The smallest absolute Gasteiger partial charge is 0.0144 e. The summed E-state index contributed by atoms with van der Waals surface area (Å²) in [7, 11) is -0.207. The summed E-state index contributed by atoms with van der Waals surface area (Å²) in [5.74, 6) is 4.30. The van der Waals surface area contributed by atoms with Gasteiger partial charge in [-0.05, 0) is 44.9 Å². The van der Waals surface area contributed by atoms with Crippen molar-refractivity contribution in [1.29, 1.82) is 0 Å². The molecule has 0 aliphatic carbocycles. The average Bonchev–Trinajstić information content (AvgIpc) is 2.00. The monoisotopic (exact) mass is 274 g/mol. The third kappa shape index (κ3) is 4.06. The normalized spacial score (nSPS) is 13.6. The molecule has 0 bridgehead atoms. The molecule has 10 heavy (non-hydrogen) atoms. The fourth-order valence-corrected chi connectivity index (χ4v) is 3.62. The van der Waals surface area contributed by atoms with Crippen LogP contribution in [-0.2, 0) is 0 Å². The van der Waals surface area contributed by atoms with E-state index < -0.39 is 0 Å². The fraction of sp³-hybridized carbons (Fsp3) is 1.00. The van der Waals surface area contributed by atoms with Crippen molar-refractivity contribution in [1.82, 2.24) is 0 Å². The SMILES string of the molecule is CCCCS(I)(CC)CC. The van der Waals surface area contributed by atoms with Crippen molar-refractivity contribution in [3.05, 3.63) is 0 Å². The molecule has 0 aromatic carbocycles. The first-order valence-electron chi connectivity index (χ1n) is 4.14. The standard InChI is InChI=1S/C8H19IS/c1-4-7-8-10(9,5-2)6-3/h4-8H2,1-3H3. The minimum Gasteiger partial charge on any atom is -0.188 e. The highest BCUT2D eigenvalue weighted by molar-refractivity contribution is 14.2. The molecule has 0 aliphatic rings. The van der Waals surface area contributed by atoms with Crippen molar-refractivity contribution in [3.63, 3.8) is 0 Å². The van der Waals surface area contributed by atoms with Gasteiger partial charge in [-0.1, -0.05) is 27.2 Å². The van der Waals surface area contributed by atoms with Crippen molar-refractivity contribution >= 4 is 28.4 Å². The van der Waals surface area contributed by atoms with Gasteiger partial charge in [0, 0.05) is 0 Å². The maximum Gasteiger partial charge on any atom is -0.0144 e. The lowest BCUT2D eigenvalue weighted by Crippen LogP contribution is -2.02. The van der Waals surface area contributed by atoms with Crippen LogP contribution in [0.25, 0.3) is 0 Å². The van der Waals surface area contributed by atoms with E-state index in [2.05, 4.69) is 42.0 Å². The Kier molecular flexibility index (Phi) is 6.31. The van der Waals surface area contributed by atoms with E-state index >= 15 is 0 Å². The zero-order valence-electron chi connectivity index (χ0n) is 7.32. The van der Waals surface area contributed by atoms with Gasteiger partial charge in [-0.15, -0.1) is 0 Å². The number of hydrogen-bond donors (Lipinski definition) is 0. The molecule has 0 unspecified atom stereocenters.